The standard InChI is InChI=1S/C45H48O8/c1-27(2)9-19-34-39(51-6)23-21-35(43(34)47)44(48)41-36(30-13-17-32(50-5)18-14-30)25-28(3)26-37(41)42-40(52-7)24-20-33(45(42)53-8)38(46)22-12-29-10-15-31(49-4)16-11-29/h9-18,20-24,26,36-37,41,47H,19,25H2,1-8H3/b22-12+/t36-,37-,41-/m0/s1. The predicted molar refractivity (Wildman–Crippen MR) is 208 cm³/mol. The minimum absolute atomic E-state index is 0.114. The molecule has 0 heterocycles. The molecule has 3 atom stereocenters. The number of phenols is 1. The molecule has 8 heteroatoms. The van der Waals surface area contributed by atoms with E-state index in [2.05, 4.69) is 6.08 Å². The molecule has 1 N–H and O–H groups in total. The zero-order valence-electron chi connectivity index (χ0n) is 31.7. The number of Topliss-reactive ketones (excluding diaryl/α,β-unsaturated/α-hetero) is 1. The summed E-state index contributed by atoms with van der Waals surface area (Å²) < 4.78 is 28.3. The van der Waals surface area contributed by atoms with Crippen molar-refractivity contribution in [1.29, 1.82) is 0 Å². The van der Waals surface area contributed by atoms with Gasteiger partial charge in [0.1, 0.15) is 34.5 Å². The highest BCUT2D eigenvalue weighted by atomic mass is 16.5. The molecule has 0 saturated carbocycles. The lowest BCUT2D eigenvalue weighted by Crippen LogP contribution is -2.32. The van der Waals surface area contributed by atoms with Gasteiger partial charge >= 0.3 is 0 Å². The molecule has 0 saturated heterocycles. The van der Waals surface area contributed by atoms with Crippen molar-refractivity contribution < 1.29 is 38.4 Å². The number of ketones is 2. The third-order valence-corrected chi connectivity index (χ3v) is 9.83. The van der Waals surface area contributed by atoms with E-state index in [1.807, 2.05) is 75.4 Å². The van der Waals surface area contributed by atoms with Gasteiger partial charge in [0, 0.05) is 23.0 Å². The summed E-state index contributed by atoms with van der Waals surface area (Å²) in [6.45, 7) is 6.00. The van der Waals surface area contributed by atoms with E-state index in [0.717, 1.165) is 28.0 Å². The molecule has 8 nitrogen and oxygen atoms in total. The Balaban J connectivity index is 1.70. The molecule has 1 aliphatic carbocycles. The zero-order chi connectivity index (χ0) is 38.2. The fraction of sp³-hybridized carbons (Fsp3) is 0.289. The second-order valence-corrected chi connectivity index (χ2v) is 13.4. The van der Waals surface area contributed by atoms with Gasteiger partial charge in [-0.2, -0.15) is 0 Å². The minimum atomic E-state index is -0.731. The van der Waals surface area contributed by atoms with Crippen LogP contribution in [-0.4, -0.2) is 52.2 Å². The highest BCUT2D eigenvalue weighted by molar-refractivity contribution is 6.09. The van der Waals surface area contributed by atoms with Gasteiger partial charge < -0.3 is 28.8 Å². The van der Waals surface area contributed by atoms with Gasteiger partial charge in [0.05, 0.1) is 46.7 Å². The number of methoxy groups -OCH3 is 5. The van der Waals surface area contributed by atoms with Crippen LogP contribution < -0.4 is 23.7 Å². The number of phenolic OH excluding ortho intramolecular Hbond substituents is 1. The van der Waals surface area contributed by atoms with Gasteiger partial charge in [0.25, 0.3) is 0 Å². The molecule has 0 radical (unpaired) electrons. The van der Waals surface area contributed by atoms with Crippen LogP contribution in [0, 0.1) is 5.92 Å². The lowest BCUT2D eigenvalue weighted by atomic mass is 9.65. The van der Waals surface area contributed by atoms with Crippen molar-refractivity contribution in [3.8, 4) is 34.5 Å². The molecule has 4 aromatic rings. The summed E-state index contributed by atoms with van der Waals surface area (Å²) in [4.78, 5) is 29.1. The van der Waals surface area contributed by atoms with Gasteiger partial charge in [-0.25, -0.2) is 0 Å². The van der Waals surface area contributed by atoms with E-state index in [4.69, 9.17) is 23.7 Å². The van der Waals surface area contributed by atoms with Crippen molar-refractivity contribution in [2.75, 3.05) is 35.5 Å². The van der Waals surface area contributed by atoms with Crippen LogP contribution in [0.3, 0.4) is 0 Å². The molecule has 0 spiro atoms. The zero-order valence-corrected chi connectivity index (χ0v) is 31.7. The van der Waals surface area contributed by atoms with Crippen LogP contribution in [0.4, 0.5) is 0 Å². The third-order valence-electron chi connectivity index (χ3n) is 9.83. The Kier molecular flexibility index (Phi) is 12.5. The fourth-order valence-corrected chi connectivity index (χ4v) is 7.14. The Morgan fingerprint density at radius 2 is 1.36 bits per heavy atom. The molecule has 276 valence electrons. The molecule has 1 aliphatic rings. The van der Waals surface area contributed by atoms with Crippen molar-refractivity contribution in [3.63, 3.8) is 0 Å². The second-order valence-electron chi connectivity index (χ2n) is 13.4. The van der Waals surface area contributed by atoms with Gasteiger partial charge in [0.2, 0.25) is 0 Å². The average Bonchev–Trinajstić information content (AvgIpc) is 3.18. The van der Waals surface area contributed by atoms with E-state index >= 15 is 4.79 Å². The monoisotopic (exact) mass is 716 g/mol. The lowest BCUT2D eigenvalue weighted by molar-refractivity contribution is 0.0876. The van der Waals surface area contributed by atoms with E-state index in [1.165, 1.54) is 13.2 Å². The van der Waals surface area contributed by atoms with Crippen LogP contribution in [0.5, 0.6) is 34.5 Å². The Morgan fingerprint density at radius 1 is 0.755 bits per heavy atom. The molecule has 53 heavy (non-hydrogen) atoms. The molecule has 4 aromatic carbocycles. The average molecular weight is 717 g/mol. The van der Waals surface area contributed by atoms with E-state index in [-0.39, 0.29) is 28.8 Å². The lowest BCUT2D eigenvalue weighted by Gasteiger charge is -2.38. The number of rotatable bonds is 14. The first-order valence-corrected chi connectivity index (χ1v) is 17.5. The van der Waals surface area contributed by atoms with Gasteiger partial charge in [-0.1, -0.05) is 53.6 Å². The quantitative estimate of drug-likeness (QED) is 0.0783. The van der Waals surface area contributed by atoms with E-state index in [9.17, 15) is 9.90 Å². The maximum absolute atomic E-state index is 15.2. The summed E-state index contributed by atoms with van der Waals surface area (Å²) in [5.74, 6) is 0.424. The number of ether oxygens (including phenoxy) is 5. The van der Waals surface area contributed by atoms with Crippen LogP contribution in [-0.2, 0) is 6.42 Å². The van der Waals surface area contributed by atoms with Crippen molar-refractivity contribution in [2.24, 2.45) is 5.92 Å². The van der Waals surface area contributed by atoms with E-state index < -0.39 is 11.8 Å². The highest BCUT2D eigenvalue weighted by Crippen LogP contribution is 2.52. The van der Waals surface area contributed by atoms with Gasteiger partial charge in [0.15, 0.2) is 11.6 Å². The topological polar surface area (TPSA) is 101 Å². The Hall–Kier alpha value is -5.76. The molecule has 0 fully saturated rings. The van der Waals surface area contributed by atoms with Gasteiger partial charge in [-0.15, -0.1) is 0 Å². The number of hydrogen-bond donors (Lipinski definition) is 1. The molecular formula is C45H48O8. The van der Waals surface area contributed by atoms with E-state index in [0.29, 0.717) is 52.5 Å². The van der Waals surface area contributed by atoms with Crippen LogP contribution in [0.15, 0.2) is 102 Å². The number of carbonyl (C=O) groups is 2. The van der Waals surface area contributed by atoms with Crippen LogP contribution in [0.2, 0.25) is 0 Å². The van der Waals surface area contributed by atoms with Crippen LogP contribution >= 0.6 is 0 Å². The summed E-state index contributed by atoms with van der Waals surface area (Å²) in [5, 5.41) is 11.8. The largest absolute Gasteiger partial charge is 0.507 e. The first-order chi connectivity index (χ1) is 25.5. The smallest absolute Gasteiger partial charge is 0.189 e. The van der Waals surface area contributed by atoms with Crippen molar-refractivity contribution in [3.05, 3.63) is 136 Å². The highest BCUT2D eigenvalue weighted by Gasteiger charge is 2.43. The number of benzene rings is 4. The first-order valence-electron chi connectivity index (χ1n) is 17.5. The number of carbonyl (C=O) groups excluding carboxylic acids is 2. The van der Waals surface area contributed by atoms with Crippen LogP contribution in [0.25, 0.3) is 6.08 Å². The molecule has 0 unspecified atom stereocenters. The summed E-state index contributed by atoms with van der Waals surface area (Å²) in [6, 6.07) is 21.9. The Labute approximate surface area is 312 Å². The summed E-state index contributed by atoms with van der Waals surface area (Å²) in [7, 11) is 7.84. The molecule has 5 rings (SSSR count). The van der Waals surface area contributed by atoms with Gasteiger partial charge in [-0.3, -0.25) is 9.59 Å². The van der Waals surface area contributed by atoms with Gasteiger partial charge in [-0.05, 0) is 105 Å². The van der Waals surface area contributed by atoms with Crippen molar-refractivity contribution >= 4 is 17.6 Å². The number of hydrogen-bond acceptors (Lipinski definition) is 8. The maximum atomic E-state index is 15.2. The van der Waals surface area contributed by atoms with Crippen molar-refractivity contribution in [1.82, 2.24) is 0 Å². The summed E-state index contributed by atoms with van der Waals surface area (Å²) >= 11 is 0. The number of aromatic hydroxyl groups is 1. The van der Waals surface area contributed by atoms with E-state index in [1.54, 1.807) is 58.8 Å². The maximum Gasteiger partial charge on any atom is 0.189 e. The Morgan fingerprint density at radius 3 is 1.94 bits per heavy atom. The van der Waals surface area contributed by atoms with Crippen molar-refractivity contribution in [2.45, 2.75) is 45.4 Å². The normalized spacial score (nSPS) is 16.8. The SMILES string of the molecule is COc1ccc(/C=C/C(=O)c2ccc(OC)c([C@H]3C=C(C)C[C@@H](c4ccc(OC)cc4)[C@@H]3C(=O)c3ccc(OC)c(CC=C(C)C)c3O)c2OC)cc1. The Bertz CT molecular complexity index is 2030. The van der Waals surface area contributed by atoms with Crippen LogP contribution in [0.1, 0.15) is 82.0 Å². The fourth-order valence-electron chi connectivity index (χ4n) is 7.14. The molecule has 0 amide bonds. The predicted octanol–water partition coefficient (Wildman–Crippen LogP) is 9.56. The molecular weight excluding hydrogens is 668 g/mol. The molecule has 0 aromatic heterocycles. The first kappa shape index (κ1) is 38.5. The molecule has 0 aliphatic heterocycles. The summed E-state index contributed by atoms with van der Waals surface area (Å²) in [6.07, 6.45) is 8.28. The second kappa shape index (κ2) is 17.2. The minimum Gasteiger partial charge on any atom is -0.507 e. The third kappa shape index (κ3) is 8.33. The number of allylic oxidation sites excluding steroid dienone is 5. The molecule has 0 bridgehead atoms. The summed E-state index contributed by atoms with van der Waals surface area (Å²) in [5.41, 5.74) is 5.52.